The Morgan fingerprint density at radius 1 is 1.71 bits per heavy atom. The summed E-state index contributed by atoms with van der Waals surface area (Å²) in [6, 6.07) is 0. The number of guanidine groups is 2. The molecule has 0 spiro atoms. The fourth-order valence-electron chi connectivity index (χ4n) is 1.12. The molecule has 0 amide bonds. The quantitative estimate of drug-likeness (QED) is 0.682. The summed E-state index contributed by atoms with van der Waals surface area (Å²) in [5.74, 6) is 1.58. The SMILES string of the molecule is C=CN1CN=C(NCC)NC1=NCC. The zero-order valence-corrected chi connectivity index (χ0v) is 8.75. The second-order valence-corrected chi connectivity index (χ2v) is 2.75. The van der Waals surface area contributed by atoms with Crippen LogP contribution in [0.3, 0.4) is 0 Å². The molecule has 5 nitrogen and oxygen atoms in total. The lowest BCUT2D eigenvalue weighted by molar-refractivity contribution is 0.539. The van der Waals surface area contributed by atoms with Gasteiger partial charge in [0.1, 0.15) is 6.67 Å². The molecule has 0 saturated carbocycles. The van der Waals surface area contributed by atoms with Gasteiger partial charge >= 0.3 is 0 Å². The molecule has 1 heterocycles. The van der Waals surface area contributed by atoms with Crippen LogP contribution in [0.25, 0.3) is 0 Å². The Balaban J connectivity index is 2.70. The molecule has 1 rings (SSSR count). The monoisotopic (exact) mass is 195 g/mol. The van der Waals surface area contributed by atoms with E-state index in [-0.39, 0.29) is 0 Å². The molecule has 0 aromatic heterocycles. The molecule has 0 atom stereocenters. The van der Waals surface area contributed by atoms with Crippen molar-refractivity contribution in [1.82, 2.24) is 15.5 Å². The predicted molar refractivity (Wildman–Crippen MR) is 59.1 cm³/mol. The van der Waals surface area contributed by atoms with Crippen LogP contribution in [-0.4, -0.2) is 36.6 Å². The number of nitrogens with one attached hydrogen (secondary N) is 2. The van der Waals surface area contributed by atoms with Gasteiger partial charge in [0.25, 0.3) is 0 Å². The lowest BCUT2D eigenvalue weighted by Crippen LogP contribution is -2.51. The molecule has 5 heteroatoms. The maximum atomic E-state index is 4.31. The van der Waals surface area contributed by atoms with E-state index in [2.05, 4.69) is 27.2 Å². The molecule has 0 aliphatic carbocycles. The first-order valence-electron chi connectivity index (χ1n) is 4.80. The number of rotatable bonds is 3. The zero-order chi connectivity index (χ0) is 10.4. The van der Waals surface area contributed by atoms with Gasteiger partial charge in [-0.05, 0) is 13.8 Å². The van der Waals surface area contributed by atoms with Crippen LogP contribution in [0.5, 0.6) is 0 Å². The highest BCUT2D eigenvalue weighted by Crippen LogP contribution is 1.97. The minimum Gasteiger partial charge on any atom is -0.356 e. The van der Waals surface area contributed by atoms with E-state index >= 15 is 0 Å². The van der Waals surface area contributed by atoms with Crippen LogP contribution in [0.15, 0.2) is 22.8 Å². The Kier molecular flexibility index (Phi) is 3.97. The van der Waals surface area contributed by atoms with Crippen LogP contribution in [-0.2, 0) is 0 Å². The molecule has 0 saturated heterocycles. The molecule has 1 aliphatic heterocycles. The van der Waals surface area contributed by atoms with Crippen LogP contribution in [0.2, 0.25) is 0 Å². The van der Waals surface area contributed by atoms with Crippen LogP contribution >= 0.6 is 0 Å². The first-order valence-corrected chi connectivity index (χ1v) is 4.80. The number of hydrogen-bond donors (Lipinski definition) is 2. The molecule has 0 unspecified atom stereocenters. The Morgan fingerprint density at radius 2 is 2.50 bits per heavy atom. The molecule has 2 N–H and O–H groups in total. The van der Waals surface area contributed by atoms with Gasteiger partial charge in [-0.3, -0.25) is 15.2 Å². The summed E-state index contributed by atoms with van der Waals surface area (Å²) in [6.07, 6.45) is 1.72. The summed E-state index contributed by atoms with van der Waals surface area (Å²) in [4.78, 5) is 10.4. The lowest BCUT2D eigenvalue weighted by atomic mass is 10.6. The Labute approximate surface area is 84.6 Å². The first-order chi connectivity index (χ1) is 6.81. The van der Waals surface area contributed by atoms with Crippen molar-refractivity contribution in [3.8, 4) is 0 Å². The second kappa shape index (κ2) is 5.26. The predicted octanol–water partition coefficient (Wildman–Crippen LogP) is 0.334. The third-order valence-corrected chi connectivity index (χ3v) is 1.76. The lowest BCUT2D eigenvalue weighted by Gasteiger charge is -2.26. The third-order valence-electron chi connectivity index (χ3n) is 1.76. The topological polar surface area (TPSA) is 52.0 Å². The van der Waals surface area contributed by atoms with Crippen molar-refractivity contribution < 1.29 is 0 Å². The molecular formula is C9H17N5. The van der Waals surface area contributed by atoms with Gasteiger partial charge in [-0.15, -0.1) is 0 Å². The number of hydrogen-bond acceptors (Lipinski definition) is 3. The van der Waals surface area contributed by atoms with Gasteiger partial charge in [0.2, 0.25) is 5.96 Å². The van der Waals surface area contributed by atoms with E-state index in [0.29, 0.717) is 6.67 Å². The zero-order valence-electron chi connectivity index (χ0n) is 8.75. The van der Waals surface area contributed by atoms with Gasteiger partial charge < -0.3 is 5.32 Å². The number of aliphatic imine (C=N–C) groups is 2. The Bertz CT molecular complexity index is 256. The highest BCUT2D eigenvalue weighted by Gasteiger charge is 2.14. The van der Waals surface area contributed by atoms with E-state index < -0.39 is 0 Å². The maximum absolute atomic E-state index is 4.31. The van der Waals surface area contributed by atoms with Crippen LogP contribution in [0, 0.1) is 0 Å². The molecule has 0 aromatic carbocycles. The van der Waals surface area contributed by atoms with Gasteiger partial charge in [0.05, 0.1) is 0 Å². The highest BCUT2D eigenvalue weighted by atomic mass is 15.4. The van der Waals surface area contributed by atoms with E-state index in [1.807, 2.05) is 18.7 Å². The average Bonchev–Trinajstić information content (AvgIpc) is 2.19. The average molecular weight is 195 g/mol. The summed E-state index contributed by atoms with van der Waals surface area (Å²) in [5.41, 5.74) is 0. The molecular weight excluding hydrogens is 178 g/mol. The fourth-order valence-corrected chi connectivity index (χ4v) is 1.12. The molecule has 0 fully saturated rings. The van der Waals surface area contributed by atoms with Gasteiger partial charge in [-0.1, -0.05) is 6.58 Å². The summed E-state index contributed by atoms with van der Waals surface area (Å²) in [5, 5.41) is 6.21. The minimum absolute atomic E-state index is 0.567. The van der Waals surface area contributed by atoms with Gasteiger partial charge in [-0.2, -0.15) is 0 Å². The molecule has 1 aliphatic rings. The van der Waals surface area contributed by atoms with Crippen LogP contribution in [0.1, 0.15) is 13.8 Å². The van der Waals surface area contributed by atoms with Crippen molar-refractivity contribution >= 4 is 11.9 Å². The van der Waals surface area contributed by atoms with Crippen molar-refractivity contribution in [3.63, 3.8) is 0 Å². The summed E-state index contributed by atoms with van der Waals surface area (Å²) in [7, 11) is 0. The molecule has 0 bridgehead atoms. The van der Waals surface area contributed by atoms with Crippen molar-refractivity contribution in [2.24, 2.45) is 9.98 Å². The molecule has 78 valence electrons. The van der Waals surface area contributed by atoms with Crippen LogP contribution < -0.4 is 10.6 Å². The second-order valence-electron chi connectivity index (χ2n) is 2.75. The smallest absolute Gasteiger partial charge is 0.206 e. The summed E-state index contributed by atoms with van der Waals surface area (Å²) >= 11 is 0. The maximum Gasteiger partial charge on any atom is 0.206 e. The first kappa shape index (κ1) is 10.6. The third kappa shape index (κ3) is 2.48. The van der Waals surface area contributed by atoms with Gasteiger partial charge in [0.15, 0.2) is 5.96 Å². The van der Waals surface area contributed by atoms with E-state index in [1.165, 1.54) is 0 Å². The fraction of sp³-hybridized carbons (Fsp3) is 0.556. The van der Waals surface area contributed by atoms with Crippen LogP contribution in [0.4, 0.5) is 0 Å². The largest absolute Gasteiger partial charge is 0.356 e. The normalized spacial score (nSPS) is 18.9. The highest BCUT2D eigenvalue weighted by molar-refractivity contribution is 6.00. The van der Waals surface area contributed by atoms with Crippen molar-refractivity contribution in [2.45, 2.75) is 13.8 Å². The van der Waals surface area contributed by atoms with Crippen molar-refractivity contribution in [2.75, 3.05) is 19.8 Å². The Morgan fingerprint density at radius 3 is 3.07 bits per heavy atom. The Hall–Kier alpha value is -1.52. The van der Waals surface area contributed by atoms with Gasteiger partial charge in [-0.25, -0.2) is 4.99 Å². The summed E-state index contributed by atoms with van der Waals surface area (Å²) < 4.78 is 0. The summed E-state index contributed by atoms with van der Waals surface area (Å²) in [6.45, 7) is 9.88. The van der Waals surface area contributed by atoms with Crippen molar-refractivity contribution in [3.05, 3.63) is 12.8 Å². The molecule has 0 radical (unpaired) electrons. The minimum atomic E-state index is 0.567. The molecule has 14 heavy (non-hydrogen) atoms. The van der Waals surface area contributed by atoms with E-state index in [0.717, 1.165) is 25.0 Å². The van der Waals surface area contributed by atoms with E-state index in [9.17, 15) is 0 Å². The van der Waals surface area contributed by atoms with E-state index in [1.54, 1.807) is 6.20 Å². The van der Waals surface area contributed by atoms with E-state index in [4.69, 9.17) is 0 Å². The van der Waals surface area contributed by atoms with Crippen molar-refractivity contribution in [1.29, 1.82) is 0 Å². The van der Waals surface area contributed by atoms with Gasteiger partial charge in [0, 0.05) is 19.3 Å². The number of nitrogens with zero attached hydrogens (tertiary/aromatic N) is 3. The molecule has 0 aromatic rings. The standard InChI is InChI=1S/C9H17N5/c1-4-10-8-12-7-14(6-3)9(13-8)11-5-2/h6H,3-5,7H2,1-2H3,(H2,10,11,12,13).